The van der Waals surface area contributed by atoms with Crippen molar-refractivity contribution in [3.05, 3.63) is 35.4 Å². The largest absolute Gasteiger partial charge is 0.481 e. The van der Waals surface area contributed by atoms with E-state index in [4.69, 9.17) is 0 Å². The lowest BCUT2D eigenvalue weighted by Crippen LogP contribution is -2.52. The molecule has 1 aromatic carbocycles. The summed E-state index contributed by atoms with van der Waals surface area (Å²) in [5.74, 6) is -1.22. The summed E-state index contributed by atoms with van der Waals surface area (Å²) in [4.78, 5) is 40.1. The number of piperazine rings is 1. The molecule has 2 unspecified atom stereocenters. The molecule has 146 valence electrons. The van der Waals surface area contributed by atoms with E-state index in [1.165, 1.54) is 5.56 Å². The number of hydrogen-bond donors (Lipinski definition) is 1. The summed E-state index contributed by atoms with van der Waals surface area (Å²) in [6, 6.07) is 7.98. The van der Waals surface area contributed by atoms with Crippen LogP contribution in [0.1, 0.15) is 36.8 Å². The molecular weight excluding hydrogens is 344 g/mol. The van der Waals surface area contributed by atoms with Crippen LogP contribution in [0.4, 0.5) is 0 Å². The number of hydrogen-bond acceptors (Lipinski definition) is 3. The van der Waals surface area contributed by atoms with Crippen molar-refractivity contribution >= 4 is 17.8 Å². The Labute approximate surface area is 160 Å². The monoisotopic (exact) mass is 372 g/mol. The Kier molecular flexibility index (Phi) is 6.14. The Bertz CT molecular complexity index is 693. The first kappa shape index (κ1) is 19.4. The van der Waals surface area contributed by atoms with Gasteiger partial charge in [-0.1, -0.05) is 36.2 Å². The van der Waals surface area contributed by atoms with Crippen LogP contribution in [0.5, 0.6) is 0 Å². The van der Waals surface area contributed by atoms with Gasteiger partial charge < -0.3 is 14.9 Å². The first-order valence-electron chi connectivity index (χ1n) is 9.79. The van der Waals surface area contributed by atoms with E-state index in [9.17, 15) is 19.5 Å². The molecule has 2 atom stereocenters. The minimum Gasteiger partial charge on any atom is -0.481 e. The molecule has 1 N–H and O–H groups in total. The molecular formula is C21H28N2O4. The van der Waals surface area contributed by atoms with Gasteiger partial charge in [0.05, 0.1) is 12.3 Å². The van der Waals surface area contributed by atoms with Gasteiger partial charge in [0.15, 0.2) is 0 Å². The summed E-state index contributed by atoms with van der Waals surface area (Å²) in [5, 5.41) is 9.21. The maximum atomic E-state index is 12.8. The lowest BCUT2D eigenvalue weighted by atomic mass is 9.80. The van der Waals surface area contributed by atoms with Gasteiger partial charge in [-0.05, 0) is 31.7 Å². The molecule has 2 aliphatic rings. The zero-order chi connectivity index (χ0) is 19.4. The molecule has 1 saturated carbocycles. The van der Waals surface area contributed by atoms with Crippen molar-refractivity contribution in [2.75, 3.05) is 26.2 Å². The molecule has 0 aromatic heterocycles. The summed E-state index contributed by atoms with van der Waals surface area (Å²) in [6.07, 6.45) is 3.07. The molecule has 0 spiro atoms. The van der Waals surface area contributed by atoms with Crippen molar-refractivity contribution in [2.45, 2.75) is 39.0 Å². The molecule has 27 heavy (non-hydrogen) atoms. The van der Waals surface area contributed by atoms with Crippen molar-refractivity contribution < 1.29 is 19.5 Å². The minimum absolute atomic E-state index is 0.0617. The molecule has 1 aliphatic heterocycles. The van der Waals surface area contributed by atoms with Crippen LogP contribution in [-0.4, -0.2) is 58.9 Å². The van der Waals surface area contributed by atoms with E-state index in [-0.39, 0.29) is 17.7 Å². The Morgan fingerprint density at radius 3 is 2.19 bits per heavy atom. The first-order valence-corrected chi connectivity index (χ1v) is 9.79. The maximum absolute atomic E-state index is 12.8. The van der Waals surface area contributed by atoms with E-state index >= 15 is 0 Å². The number of nitrogens with zero attached hydrogens (tertiary/aromatic N) is 2. The van der Waals surface area contributed by atoms with Crippen LogP contribution in [0.3, 0.4) is 0 Å². The van der Waals surface area contributed by atoms with Gasteiger partial charge in [0, 0.05) is 32.1 Å². The van der Waals surface area contributed by atoms with Crippen molar-refractivity contribution in [3.8, 4) is 0 Å². The third-order valence-electron chi connectivity index (χ3n) is 5.79. The highest BCUT2D eigenvalue weighted by atomic mass is 16.4. The lowest BCUT2D eigenvalue weighted by Gasteiger charge is -2.37. The molecule has 2 fully saturated rings. The van der Waals surface area contributed by atoms with Crippen LogP contribution in [0.2, 0.25) is 0 Å². The lowest BCUT2D eigenvalue weighted by molar-refractivity contribution is -0.147. The van der Waals surface area contributed by atoms with Gasteiger partial charge >= 0.3 is 5.97 Å². The smallest absolute Gasteiger partial charge is 0.306 e. The fraction of sp³-hybridized carbons (Fsp3) is 0.571. The third kappa shape index (κ3) is 4.87. The average Bonchev–Trinajstić information content (AvgIpc) is 2.69. The van der Waals surface area contributed by atoms with Crippen molar-refractivity contribution in [3.63, 3.8) is 0 Å². The number of carboxylic acid groups (broad SMARTS) is 1. The number of benzene rings is 1. The number of rotatable bonds is 4. The maximum Gasteiger partial charge on any atom is 0.306 e. The first-order chi connectivity index (χ1) is 12.9. The normalized spacial score (nSPS) is 23.1. The van der Waals surface area contributed by atoms with E-state index in [0.717, 1.165) is 18.4 Å². The molecule has 2 amide bonds. The fourth-order valence-corrected chi connectivity index (χ4v) is 4.07. The third-order valence-corrected chi connectivity index (χ3v) is 5.79. The quantitative estimate of drug-likeness (QED) is 0.878. The van der Waals surface area contributed by atoms with E-state index in [2.05, 4.69) is 0 Å². The molecule has 6 heteroatoms. The second-order valence-electron chi connectivity index (χ2n) is 7.77. The van der Waals surface area contributed by atoms with Crippen molar-refractivity contribution in [1.29, 1.82) is 0 Å². The van der Waals surface area contributed by atoms with Crippen LogP contribution >= 0.6 is 0 Å². The molecule has 0 radical (unpaired) electrons. The number of carbonyl (C=O) groups is 3. The van der Waals surface area contributed by atoms with Crippen molar-refractivity contribution in [2.24, 2.45) is 11.8 Å². The molecule has 1 aliphatic carbocycles. The second-order valence-corrected chi connectivity index (χ2v) is 7.77. The van der Waals surface area contributed by atoms with Gasteiger partial charge in [-0.25, -0.2) is 0 Å². The summed E-state index contributed by atoms with van der Waals surface area (Å²) in [6.45, 7) is 4.18. The Morgan fingerprint density at radius 1 is 0.963 bits per heavy atom. The van der Waals surface area contributed by atoms with Crippen LogP contribution in [0.15, 0.2) is 24.3 Å². The van der Waals surface area contributed by atoms with E-state index < -0.39 is 11.9 Å². The Morgan fingerprint density at radius 2 is 1.56 bits per heavy atom. The van der Waals surface area contributed by atoms with Crippen LogP contribution in [0, 0.1) is 18.8 Å². The standard InChI is InChI=1S/C21H28N2O4/c1-15-5-7-16(8-6-15)13-19(24)22-9-11-23(12-10-22)20(25)17-3-2-4-18(14-17)21(26)27/h5-8,17-18H,2-4,9-14H2,1H3,(H,26,27). The minimum atomic E-state index is -0.793. The predicted octanol–water partition coefficient (Wildman–Crippen LogP) is 2.10. The number of carbonyl (C=O) groups excluding carboxylic acids is 2. The summed E-state index contributed by atoms with van der Waals surface area (Å²) >= 11 is 0. The van der Waals surface area contributed by atoms with Gasteiger partial charge in [0.25, 0.3) is 0 Å². The highest BCUT2D eigenvalue weighted by Gasteiger charge is 2.34. The zero-order valence-corrected chi connectivity index (χ0v) is 15.9. The highest BCUT2D eigenvalue weighted by molar-refractivity contribution is 5.82. The molecule has 1 aromatic rings. The van der Waals surface area contributed by atoms with Crippen LogP contribution in [-0.2, 0) is 20.8 Å². The van der Waals surface area contributed by atoms with Gasteiger partial charge in [0.2, 0.25) is 11.8 Å². The number of amides is 2. The van der Waals surface area contributed by atoms with E-state index in [1.807, 2.05) is 41.0 Å². The Balaban J connectivity index is 1.49. The zero-order valence-electron chi connectivity index (χ0n) is 15.9. The van der Waals surface area contributed by atoms with Gasteiger partial charge in [0.1, 0.15) is 0 Å². The summed E-state index contributed by atoms with van der Waals surface area (Å²) in [5.41, 5.74) is 2.18. The van der Waals surface area contributed by atoms with E-state index in [1.54, 1.807) is 0 Å². The molecule has 6 nitrogen and oxygen atoms in total. The summed E-state index contributed by atoms with van der Waals surface area (Å²) < 4.78 is 0. The fourth-order valence-electron chi connectivity index (χ4n) is 4.07. The molecule has 3 rings (SSSR count). The average molecular weight is 372 g/mol. The molecule has 1 heterocycles. The summed E-state index contributed by atoms with van der Waals surface area (Å²) in [7, 11) is 0. The van der Waals surface area contributed by atoms with Gasteiger partial charge in [-0.2, -0.15) is 0 Å². The highest BCUT2D eigenvalue weighted by Crippen LogP contribution is 2.30. The second kappa shape index (κ2) is 8.55. The topological polar surface area (TPSA) is 77.9 Å². The van der Waals surface area contributed by atoms with E-state index in [0.29, 0.717) is 45.4 Å². The van der Waals surface area contributed by atoms with Crippen LogP contribution < -0.4 is 0 Å². The molecule has 0 bridgehead atoms. The Hall–Kier alpha value is -2.37. The van der Waals surface area contributed by atoms with Crippen molar-refractivity contribution in [1.82, 2.24) is 9.80 Å². The van der Waals surface area contributed by atoms with Gasteiger partial charge in [-0.3, -0.25) is 14.4 Å². The number of aryl methyl sites for hydroxylation is 1. The predicted molar refractivity (Wildman–Crippen MR) is 101 cm³/mol. The van der Waals surface area contributed by atoms with Crippen LogP contribution in [0.25, 0.3) is 0 Å². The van der Waals surface area contributed by atoms with Gasteiger partial charge in [-0.15, -0.1) is 0 Å². The SMILES string of the molecule is Cc1ccc(CC(=O)N2CCN(C(=O)C3CCCC(C(=O)O)C3)CC2)cc1. The molecule has 1 saturated heterocycles. The number of aliphatic carboxylic acids is 1. The number of carboxylic acids is 1.